The van der Waals surface area contributed by atoms with Gasteiger partial charge in [-0.15, -0.1) is 0 Å². The molecule has 2 heterocycles. The first kappa shape index (κ1) is 20.2. The molecule has 144 valence electrons. The number of hydrogen-bond donors (Lipinski definition) is 1. The van der Waals surface area contributed by atoms with Crippen molar-refractivity contribution in [2.45, 2.75) is 52.2 Å². The van der Waals surface area contributed by atoms with Gasteiger partial charge in [-0.2, -0.15) is 4.98 Å². The summed E-state index contributed by atoms with van der Waals surface area (Å²) in [6.45, 7) is 8.54. The van der Waals surface area contributed by atoms with Crippen molar-refractivity contribution in [1.29, 1.82) is 0 Å². The molecule has 0 bridgehead atoms. The maximum absolute atomic E-state index is 12.3. The third-order valence-electron chi connectivity index (χ3n) is 3.67. The average molecular weight is 385 g/mol. The summed E-state index contributed by atoms with van der Waals surface area (Å²) < 4.78 is 10.5. The van der Waals surface area contributed by atoms with E-state index in [4.69, 9.17) is 21.1 Å². The number of carbonyl (C=O) groups excluding carboxylic acids is 2. The van der Waals surface area contributed by atoms with E-state index < -0.39 is 11.6 Å². The normalized spacial score (nSPS) is 17.6. The maximum atomic E-state index is 12.3. The van der Waals surface area contributed by atoms with Crippen LogP contribution in [0.15, 0.2) is 6.20 Å². The van der Waals surface area contributed by atoms with Crippen molar-refractivity contribution in [2.75, 3.05) is 25.0 Å². The van der Waals surface area contributed by atoms with Crippen LogP contribution in [0.4, 0.5) is 10.6 Å². The third-order valence-corrected chi connectivity index (χ3v) is 3.85. The summed E-state index contributed by atoms with van der Waals surface area (Å²) in [6.07, 6.45) is 2.62. The van der Waals surface area contributed by atoms with Crippen molar-refractivity contribution in [3.8, 4) is 0 Å². The molecule has 1 amide bonds. The van der Waals surface area contributed by atoms with E-state index in [1.54, 1.807) is 11.8 Å². The summed E-state index contributed by atoms with van der Waals surface area (Å²) in [7, 11) is 0. The lowest BCUT2D eigenvalue weighted by molar-refractivity contribution is 0.0205. The standard InChI is InChI=1S/C17H25ClN4O4/c1-5-25-14(23)12-9-19-15(18)21-13(12)20-11-7-6-8-22(10-11)16(24)26-17(2,3)4/h9,11H,5-8,10H2,1-4H3,(H,19,20,21)/t11-/m1/s1. The number of esters is 1. The third kappa shape index (κ3) is 5.72. The molecule has 1 aromatic heterocycles. The van der Waals surface area contributed by atoms with Crippen molar-refractivity contribution in [3.05, 3.63) is 17.0 Å². The summed E-state index contributed by atoms with van der Waals surface area (Å²) in [5.41, 5.74) is -0.333. The van der Waals surface area contributed by atoms with Crippen LogP contribution >= 0.6 is 11.6 Å². The molecule has 0 saturated carbocycles. The van der Waals surface area contributed by atoms with E-state index >= 15 is 0 Å². The van der Waals surface area contributed by atoms with Crippen molar-refractivity contribution in [2.24, 2.45) is 0 Å². The van der Waals surface area contributed by atoms with Crippen molar-refractivity contribution in [3.63, 3.8) is 0 Å². The zero-order valence-corrected chi connectivity index (χ0v) is 16.3. The van der Waals surface area contributed by atoms with E-state index in [2.05, 4.69) is 15.3 Å². The number of rotatable bonds is 4. The molecule has 1 N–H and O–H groups in total. The summed E-state index contributed by atoms with van der Waals surface area (Å²) >= 11 is 5.87. The van der Waals surface area contributed by atoms with Gasteiger partial charge in [0, 0.05) is 25.3 Å². The predicted octanol–water partition coefficient (Wildman–Crippen LogP) is 3.12. The molecule has 0 aliphatic carbocycles. The van der Waals surface area contributed by atoms with Crippen LogP contribution in [0.3, 0.4) is 0 Å². The highest BCUT2D eigenvalue weighted by Crippen LogP contribution is 2.21. The minimum atomic E-state index is -0.547. The molecular formula is C17H25ClN4O4. The van der Waals surface area contributed by atoms with E-state index in [0.717, 1.165) is 12.8 Å². The first-order valence-corrected chi connectivity index (χ1v) is 9.01. The number of halogens is 1. The summed E-state index contributed by atoms with van der Waals surface area (Å²) in [4.78, 5) is 34.0. The van der Waals surface area contributed by atoms with Gasteiger partial charge in [0.05, 0.1) is 6.61 Å². The highest BCUT2D eigenvalue weighted by molar-refractivity contribution is 6.28. The number of carbonyl (C=O) groups is 2. The summed E-state index contributed by atoms with van der Waals surface area (Å²) in [5, 5.41) is 3.22. The van der Waals surface area contributed by atoms with Crippen LogP contribution in [0.5, 0.6) is 0 Å². The molecule has 0 radical (unpaired) electrons. The molecule has 9 heteroatoms. The molecule has 1 saturated heterocycles. The van der Waals surface area contributed by atoms with E-state index in [1.165, 1.54) is 6.20 Å². The maximum Gasteiger partial charge on any atom is 0.410 e. The quantitative estimate of drug-likeness (QED) is 0.629. The second-order valence-corrected chi connectivity index (χ2v) is 7.37. The van der Waals surface area contributed by atoms with Gasteiger partial charge in [-0.1, -0.05) is 0 Å². The summed E-state index contributed by atoms with van der Waals surface area (Å²) in [5.74, 6) is -0.217. The minimum absolute atomic E-state index is 0.0281. The van der Waals surface area contributed by atoms with E-state index in [-0.39, 0.29) is 29.6 Å². The first-order chi connectivity index (χ1) is 12.2. The lowest BCUT2D eigenvalue weighted by Crippen LogP contribution is -2.47. The molecule has 0 aromatic carbocycles. The van der Waals surface area contributed by atoms with Crippen LogP contribution in [0.2, 0.25) is 5.28 Å². The summed E-state index contributed by atoms with van der Waals surface area (Å²) in [6, 6.07) is -0.0876. The van der Waals surface area contributed by atoms with Gasteiger partial charge in [0.2, 0.25) is 5.28 Å². The highest BCUT2D eigenvalue weighted by Gasteiger charge is 2.28. The Balaban J connectivity index is 2.09. The highest BCUT2D eigenvalue weighted by atomic mass is 35.5. The zero-order valence-electron chi connectivity index (χ0n) is 15.5. The van der Waals surface area contributed by atoms with Crippen molar-refractivity contribution in [1.82, 2.24) is 14.9 Å². The number of amides is 1. The molecule has 2 rings (SSSR count). The molecular weight excluding hydrogens is 360 g/mol. The minimum Gasteiger partial charge on any atom is -0.462 e. The average Bonchev–Trinajstić information content (AvgIpc) is 2.54. The fraction of sp³-hybridized carbons (Fsp3) is 0.647. The van der Waals surface area contributed by atoms with Gasteiger partial charge in [0.1, 0.15) is 17.0 Å². The Morgan fingerprint density at radius 2 is 2.15 bits per heavy atom. The lowest BCUT2D eigenvalue weighted by Gasteiger charge is -2.34. The topological polar surface area (TPSA) is 93.6 Å². The van der Waals surface area contributed by atoms with Crippen molar-refractivity contribution < 1.29 is 19.1 Å². The van der Waals surface area contributed by atoms with Crippen LogP contribution in [-0.4, -0.2) is 58.3 Å². The Morgan fingerprint density at radius 1 is 1.42 bits per heavy atom. The van der Waals surface area contributed by atoms with Gasteiger partial charge in [0.25, 0.3) is 0 Å². The molecule has 26 heavy (non-hydrogen) atoms. The number of likely N-dealkylation sites (tertiary alicyclic amines) is 1. The fourth-order valence-corrected chi connectivity index (χ4v) is 2.74. The first-order valence-electron chi connectivity index (χ1n) is 8.63. The van der Waals surface area contributed by atoms with Gasteiger partial charge < -0.3 is 19.7 Å². The molecule has 1 fully saturated rings. The number of nitrogens with one attached hydrogen (secondary N) is 1. The molecule has 0 spiro atoms. The van der Waals surface area contributed by atoms with Crippen molar-refractivity contribution >= 4 is 29.5 Å². The Hall–Kier alpha value is -2.09. The largest absolute Gasteiger partial charge is 0.462 e. The Morgan fingerprint density at radius 3 is 2.81 bits per heavy atom. The van der Waals surface area contributed by atoms with Gasteiger partial charge in [-0.05, 0) is 52.1 Å². The van der Waals surface area contributed by atoms with Gasteiger partial charge in [-0.25, -0.2) is 14.6 Å². The van der Waals surface area contributed by atoms with E-state index in [1.807, 2.05) is 20.8 Å². The van der Waals surface area contributed by atoms with Crippen LogP contribution in [0, 0.1) is 0 Å². The van der Waals surface area contributed by atoms with E-state index in [9.17, 15) is 9.59 Å². The Labute approximate surface area is 158 Å². The SMILES string of the molecule is CCOC(=O)c1cnc(Cl)nc1N[C@@H]1CCCN(C(=O)OC(C)(C)C)C1. The molecule has 1 aliphatic heterocycles. The van der Waals surface area contributed by atoms with Gasteiger partial charge in [-0.3, -0.25) is 0 Å². The number of piperidine rings is 1. The molecule has 8 nitrogen and oxygen atoms in total. The smallest absolute Gasteiger partial charge is 0.410 e. The lowest BCUT2D eigenvalue weighted by atomic mass is 10.1. The number of nitrogens with zero attached hydrogens (tertiary/aromatic N) is 3. The number of ether oxygens (including phenoxy) is 2. The molecule has 0 unspecified atom stereocenters. The van der Waals surface area contributed by atoms with Crippen LogP contribution in [-0.2, 0) is 9.47 Å². The number of aromatic nitrogens is 2. The second kappa shape index (κ2) is 8.53. The number of hydrogen-bond acceptors (Lipinski definition) is 7. The fourth-order valence-electron chi connectivity index (χ4n) is 2.61. The molecule has 1 atom stereocenters. The van der Waals surface area contributed by atoms with Crippen LogP contribution in [0.1, 0.15) is 50.9 Å². The van der Waals surface area contributed by atoms with Crippen LogP contribution in [0.25, 0.3) is 0 Å². The number of anilines is 1. The predicted molar refractivity (Wildman–Crippen MR) is 97.5 cm³/mol. The monoisotopic (exact) mass is 384 g/mol. The van der Waals surface area contributed by atoms with Gasteiger partial charge >= 0.3 is 12.1 Å². The Bertz CT molecular complexity index is 663. The molecule has 1 aliphatic rings. The molecule has 1 aromatic rings. The van der Waals surface area contributed by atoms with E-state index in [0.29, 0.717) is 18.9 Å². The van der Waals surface area contributed by atoms with Gasteiger partial charge in [0.15, 0.2) is 0 Å². The second-order valence-electron chi connectivity index (χ2n) is 7.03. The Kier molecular flexibility index (Phi) is 6.63. The van der Waals surface area contributed by atoms with Crippen LogP contribution < -0.4 is 5.32 Å². The zero-order chi connectivity index (χ0) is 19.3.